The summed E-state index contributed by atoms with van der Waals surface area (Å²) in [5.41, 5.74) is -0.545. The molecule has 6 heteroatoms. The van der Waals surface area contributed by atoms with Gasteiger partial charge < -0.3 is 0 Å². The van der Waals surface area contributed by atoms with Crippen molar-refractivity contribution in [2.24, 2.45) is 5.41 Å². The normalized spacial score (nSPS) is 25.3. The van der Waals surface area contributed by atoms with Gasteiger partial charge in [0.15, 0.2) is 5.78 Å². The molecule has 2 bridgehead atoms. The quantitative estimate of drug-likeness (QED) is 0.797. The molecule has 1 saturated carbocycles. The summed E-state index contributed by atoms with van der Waals surface area (Å²) >= 11 is 0. The number of Topliss-reactive ketones (excluding diaryl/α,β-unsaturated/α-hetero) is 1. The topological polar surface area (TPSA) is 66.0 Å². The van der Waals surface area contributed by atoms with Gasteiger partial charge in [-0.25, -0.2) is 23.5 Å². The molecule has 2 aliphatic heterocycles. The third-order valence-electron chi connectivity index (χ3n) is 4.86. The molecule has 1 aromatic carbocycles. The first-order chi connectivity index (χ1) is 10.4. The molecule has 3 aliphatic rings. The van der Waals surface area contributed by atoms with Crippen molar-refractivity contribution in [1.29, 1.82) is 0 Å². The fourth-order valence-corrected chi connectivity index (χ4v) is 4.05. The van der Waals surface area contributed by atoms with Gasteiger partial charge in [0.25, 0.3) is 0 Å². The summed E-state index contributed by atoms with van der Waals surface area (Å²) < 4.78 is 4.04. The van der Waals surface area contributed by atoms with Crippen LogP contribution < -0.4 is 11.4 Å². The van der Waals surface area contributed by atoms with E-state index >= 15 is 0 Å². The van der Waals surface area contributed by atoms with Crippen molar-refractivity contribution >= 4 is 5.78 Å². The Morgan fingerprint density at radius 2 is 1.64 bits per heavy atom. The van der Waals surface area contributed by atoms with Crippen LogP contribution >= 0.6 is 0 Å². The minimum Gasteiger partial charge on any atom is -0.297 e. The summed E-state index contributed by atoms with van der Waals surface area (Å²) in [6.07, 6.45) is 1.08. The highest BCUT2D eigenvalue weighted by atomic mass is 16.2. The molecule has 114 valence electrons. The van der Waals surface area contributed by atoms with Crippen LogP contribution in [0.3, 0.4) is 0 Å². The van der Waals surface area contributed by atoms with Gasteiger partial charge in [-0.2, -0.15) is 0 Å². The molecular weight excluding hydrogens is 282 g/mol. The van der Waals surface area contributed by atoms with Crippen LogP contribution in [0.25, 0.3) is 5.69 Å². The van der Waals surface area contributed by atoms with Gasteiger partial charge in [-0.15, -0.1) is 0 Å². The Labute approximate surface area is 126 Å². The van der Waals surface area contributed by atoms with E-state index in [1.165, 1.54) is 13.9 Å². The Hall–Kier alpha value is -2.37. The number of nitrogens with zero attached hydrogens (tertiary/aromatic N) is 3. The average Bonchev–Trinajstić information content (AvgIpc) is 2.71. The number of benzene rings is 1. The van der Waals surface area contributed by atoms with E-state index in [0.29, 0.717) is 12.1 Å². The van der Waals surface area contributed by atoms with Crippen LogP contribution in [0.4, 0.5) is 0 Å². The van der Waals surface area contributed by atoms with Crippen molar-refractivity contribution in [2.75, 3.05) is 0 Å². The second kappa shape index (κ2) is 4.09. The summed E-state index contributed by atoms with van der Waals surface area (Å²) in [7, 11) is 0. The maximum absolute atomic E-state index is 12.8. The molecule has 0 N–H and O–H groups in total. The van der Waals surface area contributed by atoms with Gasteiger partial charge in [0.05, 0.1) is 11.7 Å². The summed E-state index contributed by atoms with van der Waals surface area (Å²) in [4.78, 5) is 37.9. The van der Waals surface area contributed by atoms with Crippen LogP contribution in [-0.2, 0) is 4.79 Å². The van der Waals surface area contributed by atoms with Gasteiger partial charge in [0.2, 0.25) is 0 Å². The van der Waals surface area contributed by atoms with Crippen LogP contribution in [0, 0.1) is 5.41 Å². The zero-order valence-corrected chi connectivity index (χ0v) is 12.5. The fourth-order valence-electron chi connectivity index (χ4n) is 4.05. The fraction of sp³-hybridized carbons (Fsp3) is 0.438. The van der Waals surface area contributed by atoms with E-state index in [0.717, 1.165) is 6.42 Å². The van der Waals surface area contributed by atoms with Crippen molar-refractivity contribution in [2.45, 2.75) is 38.8 Å². The minimum absolute atomic E-state index is 0.0496. The highest BCUT2D eigenvalue weighted by Gasteiger charge is 2.52. The Morgan fingerprint density at radius 1 is 1.00 bits per heavy atom. The molecule has 22 heavy (non-hydrogen) atoms. The van der Waals surface area contributed by atoms with Crippen LogP contribution in [0.15, 0.2) is 39.9 Å². The number of hydrogen-bond donors (Lipinski definition) is 0. The van der Waals surface area contributed by atoms with Crippen LogP contribution in [0.5, 0.6) is 0 Å². The van der Waals surface area contributed by atoms with Crippen molar-refractivity contribution in [3.63, 3.8) is 0 Å². The number of carbonyl (C=O) groups is 1. The molecule has 1 fully saturated rings. The number of carbonyl (C=O) groups excluding carboxylic acids is 1. The Bertz CT molecular complexity index is 886. The van der Waals surface area contributed by atoms with Crippen molar-refractivity contribution in [1.82, 2.24) is 13.9 Å². The molecule has 0 spiro atoms. The molecule has 0 amide bonds. The molecule has 1 aromatic heterocycles. The van der Waals surface area contributed by atoms with E-state index in [-0.39, 0.29) is 22.9 Å². The third kappa shape index (κ3) is 1.52. The molecule has 2 aromatic rings. The van der Waals surface area contributed by atoms with Crippen LogP contribution in [0.1, 0.15) is 38.8 Å². The highest BCUT2D eigenvalue weighted by Crippen LogP contribution is 2.48. The second-order valence-electron chi connectivity index (χ2n) is 6.84. The summed E-state index contributed by atoms with van der Waals surface area (Å²) in [6, 6.07) is 8.08. The summed E-state index contributed by atoms with van der Waals surface area (Å²) in [5.74, 6) is 0.0496. The van der Waals surface area contributed by atoms with Crippen molar-refractivity contribution < 1.29 is 4.79 Å². The first kappa shape index (κ1) is 13.3. The molecule has 5 rings (SSSR count). The van der Waals surface area contributed by atoms with Gasteiger partial charge in [0, 0.05) is 6.42 Å². The zero-order chi connectivity index (χ0) is 15.6. The lowest BCUT2D eigenvalue weighted by Gasteiger charge is -2.47. The van der Waals surface area contributed by atoms with E-state index in [1.807, 2.05) is 19.9 Å². The predicted molar refractivity (Wildman–Crippen MR) is 80.4 cm³/mol. The molecule has 1 aliphatic carbocycles. The third-order valence-corrected chi connectivity index (χ3v) is 4.86. The lowest BCUT2D eigenvalue weighted by atomic mass is 9.69. The van der Waals surface area contributed by atoms with Crippen LogP contribution in [-0.4, -0.2) is 19.7 Å². The summed E-state index contributed by atoms with van der Waals surface area (Å²) in [6.45, 7) is 3.98. The minimum atomic E-state index is -0.553. The van der Waals surface area contributed by atoms with E-state index in [2.05, 4.69) is 0 Å². The van der Waals surface area contributed by atoms with E-state index in [9.17, 15) is 14.4 Å². The lowest BCUT2D eigenvalue weighted by Crippen LogP contribution is -2.54. The summed E-state index contributed by atoms with van der Waals surface area (Å²) in [5, 5.41) is 0. The number of aromatic nitrogens is 3. The van der Waals surface area contributed by atoms with E-state index < -0.39 is 11.7 Å². The highest BCUT2D eigenvalue weighted by molar-refractivity contribution is 5.85. The zero-order valence-electron chi connectivity index (χ0n) is 12.5. The Kier molecular flexibility index (Phi) is 2.47. The van der Waals surface area contributed by atoms with Gasteiger partial charge in [-0.1, -0.05) is 32.0 Å². The standard InChI is InChI=1S/C16H17N3O3/c1-16(2)9-11-8-12(20)13(16)19-15(22)17(14(21)18(11)19)10-6-4-3-5-7-10/h3-7,11,13H,8-9H2,1-2H3. The molecular formula is C16H17N3O3. The van der Waals surface area contributed by atoms with Gasteiger partial charge in [0.1, 0.15) is 6.04 Å². The number of fused-ring (bicyclic) bond motifs is 2. The average molecular weight is 299 g/mol. The molecule has 2 atom stereocenters. The molecule has 2 unspecified atom stereocenters. The number of rotatable bonds is 1. The monoisotopic (exact) mass is 299 g/mol. The van der Waals surface area contributed by atoms with E-state index in [4.69, 9.17) is 0 Å². The second-order valence-corrected chi connectivity index (χ2v) is 6.84. The largest absolute Gasteiger partial charge is 0.352 e. The van der Waals surface area contributed by atoms with Crippen LogP contribution in [0.2, 0.25) is 0 Å². The van der Waals surface area contributed by atoms with Gasteiger partial charge in [-0.05, 0) is 24.0 Å². The maximum atomic E-state index is 12.8. The van der Waals surface area contributed by atoms with Gasteiger partial charge >= 0.3 is 11.4 Å². The van der Waals surface area contributed by atoms with Crippen molar-refractivity contribution in [3.05, 3.63) is 51.3 Å². The number of hydrogen-bond acceptors (Lipinski definition) is 3. The van der Waals surface area contributed by atoms with E-state index in [1.54, 1.807) is 24.3 Å². The molecule has 0 saturated heterocycles. The first-order valence-corrected chi connectivity index (χ1v) is 7.46. The molecule has 0 radical (unpaired) electrons. The first-order valence-electron chi connectivity index (χ1n) is 7.46. The molecule has 6 nitrogen and oxygen atoms in total. The SMILES string of the molecule is CC1(C)CC2CC(=O)C1n1c(=O)n(-c3ccccc3)c(=O)n12. The number of para-hydroxylation sites is 1. The lowest BCUT2D eigenvalue weighted by molar-refractivity contribution is -0.136. The van der Waals surface area contributed by atoms with Gasteiger partial charge in [-0.3, -0.25) is 4.79 Å². The van der Waals surface area contributed by atoms with Crippen molar-refractivity contribution in [3.8, 4) is 5.69 Å². The molecule has 3 heterocycles. The predicted octanol–water partition coefficient (Wildman–Crippen LogP) is 1.29. The number of ketones is 1. The Morgan fingerprint density at radius 3 is 2.27 bits per heavy atom. The Balaban J connectivity index is 2.05. The maximum Gasteiger partial charge on any atom is 0.352 e. The smallest absolute Gasteiger partial charge is 0.297 e.